The molecule has 20 heavy (non-hydrogen) atoms. The van der Waals surface area contributed by atoms with Crippen molar-refractivity contribution >= 4 is 0 Å². The van der Waals surface area contributed by atoms with Crippen molar-refractivity contribution in [1.29, 1.82) is 5.26 Å². The highest BCUT2D eigenvalue weighted by Crippen LogP contribution is 2.19. The van der Waals surface area contributed by atoms with Crippen LogP contribution in [0.15, 0.2) is 42.5 Å². The van der Waals surface area contributed by atoms with Gasteiger partial charge in [0.15, 0.2) is 11.6 Å². The molecule has 0 aromatic heterocycles. The molecular weight excluding hydrogens is 255 g/mol. The molecule has 2 aromatic rings. The molecule has 2 rings (SSSR count). The molecule has 0 bridgehead atoms. The van der Waals surface area contributed by atoms with Gasteiger partial charge in [-0.05, 0) is 42.4 Å². The van der Waals surface area contributed by atoms with Crippen LogP contribution in [0, 0.1) is 17.1 Å². The smallest absolute Gasteiger partial charge is 0.165 e. The molecule has 3 nitrogen and oxygen atoms in total. The summed E-state index contributed by atoms with van der Waals surface area (Å²) in [4.78, 5) is 0. The average Bonchev–Trinajstić information content (AvgIpc) is 2.47. The van der Waals surface area contributed by atoms with Crippen molar-refractivity contribution in [2.45, 2.75) is 13.2 Å². The van der Waals surface area contributed by atoms with Crippen LogP contribution in [0.1, 0.15) is 16.7 Å². The van der Waals surface area contributed by atoms with E-state index in [0.29, 0.717) is 12.1 Å². The van der Waals surface area contributed by atoms with E-state index >= 15 is 0 Å². The summed E-state index contributed by atoms with van der Waals surface area (Å²) in [5.74, 6) is -0.138. The second-order valence-electron chi connectivity index (χ2n) is 4.39. The van der Waals surface area contributed by atoms with Crippen LogP contribution in [0.25, 0.3) is 0 Å². The first-order valence-electron chi connectivity index (χ1n) is 6.28. The third kappa shape index (κ3) is 3.56. The largest absolute Gasteiger partial charge is 0.486 e. The predicted molar refractivity (Wildman–Crippen MR) is 74.7 cm³/mol. The van der Waals surface area contributed by atoms with Gasteiger partial charge in [-0.3, -0.25) is 0 Å². The second-order valence-corrected chi connectivity index (χ2v) is 4.39. The highest BCUT2D eigenvalue weighted by Gasteiger charge is 2.05. The SMILES string of the molecule is CNCc1ccc(OCc2ccc(C#N)cc2)c(F)c1. The van der Waals surface area contributed by atoms with Gasteiger partial charge in [-0.15, -0.1) is 0 Å². The predicted octanol–water partition coefficient (Wildman–Crippen LogP) is 3.00. The summed E-state index contributed by atoms with van der Waals surface area (Å²) in [6.07, 6.45) is 0. The van der Waals surface area contributed by atoms with Gasteiger partial charge in [0.2, 0.25) is 0 Å². The fraction of sp³-hybridized carbons (Fsp3) is 0.188. The number of nitrogens with zero attached hydrogens (tertiary/aromatic N) is 1. The lowest BCUT2D eigenvalue weighted by Crippen LogP contribution is -2.05. The molecule has 0 aliphatic rings. The van der Waals surface area contributed by atoms with Crippen LogP contribution in [0.2, 0.25) is 0 Å². The molecule has 0 saturated carbocycles. The molecule has 0 unspecified atom stereocenters. The van der Waals surface area contributed by atoms with Crippen LogP contribution in [0.4, 0.5) is 4.39 Å². The van der Waals surface area contributed by atoms with Crippen LogP contribution in [0.5, 0.6) is 5.75 Å². The zero-order valence-electron chi connectivity index (χ0n) is 11.2. The third-order valence-corrected chi connectivity index (χ3v) is 2.85. The Balaban J connectivity index is 2.01. The Labute approximate surface area is 117 Å². The first kappa shape index (κ1) is 14.0. The summed E-state index contributed by atoms with van der Waals surface area (Å²) in [5.41, 5.74) is 2.36. The minimum atomic E-state index is -0.369. The highest BCUT2D eigenvalue weighted by atomic mass is 19.1. The van der Waals surface area contributed by atoms with Crippen molar-refractivity contribution in [3.05, 3.63) is 65.0 Å². The van der Waals surface area contributed by atoms with Crippen molar-refractivity contribution < 1.29 is 9.13 Å². The molecule has 0 heterocycles. The summed E-state index contributed by atoms with van der Waals surface area (Å²) in [6, 6.07) is 14.0. The van der Waals surface area contributed by atoms with E-state index in [2.05, 4.69) is 5.32 Å². The number of hydrogen-bond acceptors (Lipinski definition) is 3. The van der Waals surface area contributed by atoms with Gasteiger partial charge in [0.25, 0.3) is 0 Å². The highest BCUT2D eigenvalue weighted by molar-refractivity contribution is 5.32. The Morgan fingerprint density at radius 1 is 1.15 bits per heavy atom. The van der Waals surface area contributed by atoms with Crippen molar-refractivity contribution in [3.8, 4) is 11.8 Å². The summed E-state index contributed by atoms with van der Waals surface area (Å²) in [7, 11) is 1.81. The Morgan fingerprint density at radius 3 is 2.45 bits per heavy atom. The number of ether oxygens (including phenoxy) is 1. The average molecular weight is 270 g/mol. The van der Waals surface area contributed by atoms with Crippen LogP contribution in [-0.2, 0) is 13.2 Å². The first-order valence-corrected chi connectivity index (χ1v) is 6.28. The lowest BCUT2D eigenvalue weighted by atomic mass is 10.1. The van der Waals surface area contributed by atoms with E-state index in [1.807, 2.05) is 19.2 Å². The van der Waals surface area contributed by atoms with E-state index in [0.717, 1.165) is 11.1 Å². The lowest BCUT2D eigenvalue weighted by molar-refractivity contribution is 0.290. The van der Waals surface area contributed by atoms with Gasteiger partial charge < -0.3 is 10.1 Å². The molecule has 0 spiro atoms. The molecule has 0 atom stereocenters. The summed E-state index contributed by atoms with van der Waals surface area (Å²) in [6.45, 7) is 0.890. The van der Waals surface area contributed by atoms with E-state index < -0.39 is 0 Å². The van der Waals surface area contributed by atoms with Gasteiger partial charge in [0.05, 0.1) is 11.6 Å². The van der Waals surface area contributed by atoms with Crippen LogP contribution in [-0.4, -0.2) is 7.05 Å². The summed E-state index contributed by atoms with van der Waals surface area (Å²) >= 11 is 0. The van der Waals surface area contributed by atoms with Gasteiger partial charge in [-0.2, -0.15) is 5.26 Å². The molecule has 0 amide bonds. The molecule has 0 saturated heterocycles. The minimum Gasteiger partial charge on any atom is -0.486 e. The third-order valence-electron chi connectivity index (χ3n) is 2.85. The van der Waals surface area contributed by atoms with E-state index in [1.165, 1.54) is 6.07 Å². The minimum absolute atomic E-state index is 0.231. The maximum Gasteiger partial charge on any atom is 0.165 e. The maximum atomic E-state index is 13.8. The molecule has 4 heteroatoms. The molecule has 0 fully saturated rings. The van der Waals surface area contributed by atoms with Gasteiger partial charge in [0, 0.05) is 6.54 Å². The molecule has 102 valence electrons. The zero-order chi connectivity index (χ0) is 14.4. The topological polar surface area (TPSA) is 45.0 Å². The van der Waals surface area contributed by atoms with Gasteiger partial charge in [-0.25, -0.2) is 4.39 Å². The summed E-state index contributed by atoms with van der Waals surface area (Å²) < 4.78 is 19.3. The maximum absolute atomic E-state index is 13.8. The molecular formula is C16H15FN2O. The van der Waals surface area contributed by atoms with Gasteiger partial charge >= 0.3 is 0 Å². The van der Waals surface area contributed by atoms with Crippen LogP contribution in [0.3, 0.4) is 0 Å². The van der Waals surface area contributed by atoms with Crippen LogP contribution < -0.4 is 10.1 Å². The first-order chi connectivity index (χ1) is 9.72. The van der Waals surface area contributed by atoms with Crippen LogP contribution >= 0.6 is 0 Å². The van der Waals surface area contributed by atoms with Crippen molar-refractivity contribution in [3.63, 3.8) is 0 Å². The number of benzene rings is 2. The fourth-order valence-corrected chi connectivity index (χ4v) is 1.81. The van der Waals surface area contributed by atoms with Gasteiger partial charge in [-0.1, -0.05) is 18.2 Å². The number of nitriles is 1. The zero-order valence-corrected chi connectivity index (χ0v) is 11.2. The molecule has 2 aromatic carbocycles. The number of rotatable bonds is 5. The lowest BCUT2D eigenvalue weighted by Gasteiger charge is -2.09. The van der Waals surface area contributed by atoms with Crippen molar-refractivity contribution in [2.75, 3.05) is 7.05 Å². The Kier molecular flexibility index (Phi) is 4.70. The molecule has 1 N–H and O–H groups in total. The quantitative estimate of drug-likeness (QED) is 0.908. The molecule has 0 radical (unpaired) electrons. The Bertz CT molecular complexity index is 617. The summed E-state index contributed by atoms with van der Waals surface area (Å²) in [5, 5.41) is 11.7. The van der Waals surface area contributed by atoms with Crippen molar-refractivity contribution in [2.24, 2.45) is 0 Å². The van der Waals surface area contributed by atoms with E-state index in [9.17, 15) is 4.39 Å². The number of hydrogen-bond donors (Lipinski definition) is 1. The second kappa shape index (κ2) is 6.69. The normalized spacial score (nSPS) is 10.1. The Morgan fingerprint density at radius 2 is 1.85 bits per heavy atom. The van der Waals surface area contributed by atoms with E-state index in [-0.39, 0.29) is 18.2 Å². The number of halogens is 1. The fourth-order valence-electron chi connectivity index (χ4n) is 1.81. The van der Waals surface area contributed by atoms with Gasteiger partial charge in [0.1, 0.15) is 6.61 Å². The Hall–Kier alpha value is -2.38. The molecule has 0 aliphatic carbocycles. The number of nitrogens with one attached hydrogen (secondary N) is 1. The van der Waals surface area contributed by atoms with E-state index in [4.69, 9.17) is 10.00 Å². The standard InChI is InChI=1S/C16H15FN2O/c1-19-10-14-6-7-16(15(17)8-14)20-11-13-4-2-12(9-18)3-5-13/h2-8,19H,10-11H2,1H3. The molecule has 0 aliphatic heterocycles. The van der Waals surface area contributed by atoms with Crippen molar-refractivity contribution in [1.82, 2.24) is 5.32 Å². The monoisotopic (exact) mass is 270 g/mol. The van der Waals surface area contributed by atoms with E-state index in [1.54, 1.807) is 30.3 Å².